The molecule has 55 heavy (non-hydrogen) atoms. The van der Waals surface area contributed by atoms with E-state index in [-0.39, 0.29) is 9.79 Å². The highest BCUT2D eigenvalue weighted by molar-refractivity contribution is 7.94. The maximum atomic E-state index is 13.0. The van der Waals surface area contributed by atoms with Gasteiger partial charge in [0.05, 0.1) is 21.2 Å². The summed E-state index contributed by atoms with van der Waals surface area (Å²) in [6, 6.07) is 28.7. The van der Waals surface area contributed by atoms with Crippen LogP contribution in [0.1, 0.15) is 33.3 Å². The minimum Gasteiger partial charge on any atom is -0.301 e. The maximum absolute atomic E-state index is 13.0. The van der Waals surface area contributed by atoms with Crippen LogP contribution in [0.4, 0.5) is 10.3 Å². The number of benzene rings is 4. The number of carbonyl (C=O) groups excluding carboxylic acids is 2. The quantitative estimate of drug-likeness (QED) is 0.138. The van der Waals surface area contributed by atoms with E-state index in [1.54, 1.807) is 65.4 Å². The second kappa shape index (κ2) is 16.7. The molecule has 0 spiro atoms. The lowest BCUT2D eigenvalue weighted by atomic mass is 10.2. The fraction of sp³-hybridized carbons (Fsp3) is 0.179. The van der Waals surface area contributed by atoms with Crippen molar-refractivity contribution < 1.29 is 26.4 Å². The number of sulfone groups is 2. The van der Waals surface area contributed by atoms with Gasteiger partial charge < -0.3 is 10.6 Å². The third-order valence-electron chi connectivity index (χ3n) is 8.55. The first-order valence-corrected chi connectivity index (χ1v) is 22.0. The van der Waals surface area contributed by atoms with Crippen LogP contribution in [0.3, 0.4) is 0 Å². The number of nitrogens with zero attached hydrogens (tertiary/aromatic N) is 2. The van der Waals surface area contributed by atoms with Gasteiger partial charge in [0.15, 0.2) is 29.9 Å². The molecule has 0 fully saturated rings. The number of rotatable bonds is 10. The van der Waals surface area contributed by atoms with Crippen molar-refractivity contribution >= 4 is 87.6 Å². The Labute approximate surface area is 338 Å². The van der Waals surface area contributed by atoms with Gasteiger partial charge in [-0.3, -0.25) is 9.59 Å². The molecule has 2 heterocycles. The van der Waals surface area contributed by atoms with Crippen LogP contribution in [0.15, 0.2) is 124 Å². The number of hydrogen-bond donors (Lipinski definition) is 2. The molecule has 2 aromatic heterocycles. The van der Waals surface area contributed by atoms with Gasteiger partial charge in [-0.25, -0.2) is 26.8 Å². The molecule has 10 nitrogen and oxygen atoms in total. The minimum atomic E-state index is -3.87. The molecule has 6 rings (SSSR count). The fourth-order valence-electron chi connectivity index (χ4n) is 4.81. The van der Waals surface area contributed by atoms with Crippen LogP contribution in [0, 0.1) is 6.92 Å². The Morgan fingerprint density at radius 2 is 0.927 bits per heavy atom. The molecule has 286 valence electrons. The molecule has 0 radical (unpaired) electrons. The second-order valence-corrected chi connectivity index (χ2v) is 20.7. The van der Waals surface area contributed by atoms with Gasteiger partial charge in [-0.15, -0.1) is 22.7 Å². The van der Waals surface area contributed by atoms with Crippen molar-refractivity contribution in [2.75, 3.05) is 10.6 Å². The van der Waals surface area contributed by atoms with Crippen molar-refractivity contribution in [3.8, 4) is 22.5 Å². The molecule has 0 aliphatic rings. The van der Waals surface area contributed by atoms with E-state index in [1.807, 2.05) is 31.2 Å². The Morgan fingerprint density at radius 1 is 0.564 bits per heavy atom. The Balaban J connectivity index is 0.000000211. The smallest absolute Gasteiger partial charge is 0.247 e. The van der Waals surface area contributed by atoms with E-state index in [0.717, 1.165) is 16.7 Å². The molecule has 6 aromatic rings. The third-order valence-corrected chi connectivity index (χ3v) is 15.4. The lowest BCUT2D eigenvalue weighted by Gasteiger charge is -2.23. The first-order valence-electron chi connectivity index (χ1n) is 16.5. The summed E-state index contributed by atoms with van der Waals surface area (Å²) in [7, 11) is -7.73. The van der Waals surface area contributed by atoms with Gasteiger partial charge in [0.2, 0.25) is 11.8 Å². The molecule has 0 aliphatic heterocycles. The number of amides is 2. The first kappa shape index (κ1) is 41.7. The maximum Gasteiger partial charge on any atom is 0.247 e. The molecule has 16 heteroatoms. The molecule has 0 aliphatic carbocycles. The topological polar surface area (TPSA) is 152 Å². The number of hydrogen-bond acceptors (Lipinski definition) is 10. The van der Waals surface area contributed by atoms with E-state index in [0.29, 0.717) is 31.7 Å². The molecule has 4 aromatic carbocycles. The zero-order chi connectivity index (χ0) is 40.2. The summed E-state index contributed by atoms with van der Waals surface area (Å²) in [4.78, 5) is 34.4. The van der Waals surface area contributed by atoms with Crippen LogP contribution < -0.4 is 10.6 Å². The number of thiazole rings is 2. The largest absolute Gasteiger partial charge is 0.301 e. The lowest BCUT2D eigenvalue weighted by molar-refractivity contribution is -0.118. The highest BCUT2D eigenvalue weighted by atomic mass is 35.5. The van der Waals surface area contributed by atoms with Crippen molar-refractivity contribution in [1.29, 1.82) is 0 Å². The van der Waals surface area contributed by atoms with Crippen LogP contribution in [0.5, 0.6) is 0 Å². The Hall–Kier alpha value is -4.44. The number of anilines is 2. The highest BCUT2D eigenvalue weighted by Crippen LogP contribution is 2.32. The van der Waals surface area contributed by atoms with E-state index in [9.17, 15) is 26.4 Å². The van der Waals surface area contributed by atoms with Crippen LogP contribution in [0.25, 0.3) is 22.5 Å². The van der Waals surface area contributed by atoms with Crippen LogP contribution in [-0.4, -0.2) is 48.1 Å². The molecule has 2 N–H and O–H groups in total. The monoisotopic (exact) mass is 854 g/mol. The summed E-state index contributed by atoms with van der Waals surface area (Å²) < 4.78 is 48.3. The molecule has 0 saturated carbocycles. The summed E-state index contributed by atoms with van der Waals surface area (Å²) in [6.07, 6.45) is 0. The molecule has 0 atom stereocenters. The van der Waals surface area contributed by atoms with Gasteiger partial charge in [0.25, 0.3) is 0 Å². The standard InChI is InChI=1S/C20H19ClN2O3S2.C19H17ClN2O3S2/c1-13-4-10-16(11-5-13)28(25,26)20(2,3)18(24)23-19-22-17(12-27-19)14-6-8-15(21)9-7-14;1-19(2,27(24,25)15-6-4-3-5-7-15)17(23)22-18-21-16(12-26-18)13-8-10-14(20)11-9-13/h4-12H,1-3H3,(H,22,23,24);3-12H,1-2H3,(H,21,22,23). The van der Waals surface area contributed by atoms with Crippen LogP contribution >= 0.6 is 45.9 Å². The summed E-state index contributed by atoms with van der Waals surface area (Å²) in [5.41, 5.74) is 4.01. The van der Waals surface area contributed by atoms with Gasteiger partial charge in [-0.05, 0) is 83.1 Å². The van der Waals surface area contributed by atoms with Gasteiger partial charge in [0.1, 0.15) is 9.49 Å². The van der Waals surface area contributed by atoms with Crippen molar-refractivity contribution in [2.45, 2.75) is 53.9 Å². The van der Waals surface area contributed by atoms with Crippen LogP contribution in [-0.2, 0) is 29.3 Å². The number of halogens is 2. The molecular weight excluding hydrogens is 820 g/mol. The average molecular weight is 856 g/mol. The van der Waals surface area contributed by atoms with E-state index >= 15 is 0 Å². The summed E-state index contributed by atoms with van der Waals surface area (Å²) in [6.45, 7) is 7.43. The number of aryl methyl sites for hydroxylation is 1. The predicted molar refractivity (Wildman–Crippen MR) is 223 cm³/mol. The Morgan fingerprint density at radius 3 is 1.31 bits per heavy atom. The normalized spacial score (nSPS) is 12.0. The fourth-order valence-corrected chi connectivity index (χ4v) is 9.27. The Bertz CT molecular complexity index is 2520. The molecule has 0 unspecified atom stereocenters. The number of nitrogens with one attached hydrogen (secondary N) is 2. The van der Waals surface area contributed by atoms with E-state index < -0.39 is 41.0 Å². The second-order valence-electron chi connectivity index (χ2n) is 13.2. The molecule has 2 amide bonds. The average Bonchev–Trinajstić information content (AvgIpc) is 3.83. The van der Waals surface area contributed by atoms with Gasteiger partial charge in [-0.1, -0.05) is 83.4 Å². The molecular formula is C39H36Cl2N4O6S4. The first-order chi connectivity index (χ1) is 25.8. The molecule has 0 bridgehead atoms. The lowest BCUT2D eigenvalue weighted by Crippen LogP contribution is -2.44. The Kier molecular flexibility index (Phi) is 12.7. The zero-order valence-electron chi connectivity index (χ0n) is 30.2. The van der Waals surface area contributed by atoms with E-state index in [1.165, 1.54) is 74.6 Å². The van der Waals surface area contributed by atoms with Gasteiger partial charge >= 0.3 is 0 Å². The predicted octanol–water partition coefficient (Wildman–Crippen LogP) is 9.62. The minimum absolute atomic E-state index is 0.103. The van der Waals surface area contributed by atoms with Gasteiger partial charge in [-0.2, -0.15) is 0 Å². The van der Waals surface area contributed by atoms with Crippen molar-refractivity contribution in [3.63, 3.8) is 0 Å². The van der Waals surface area contributed by atoms with Gasteiger partial charge in [0, 0.05) is 31.9 Å². The van der Waals surface area contributed by atoms with E-state index in [4.69, 9.17) is 23.2 Å². The summed E-state index contributed by atoms with van der Waals surface area (Å²) in [5.74, 6) is -1.27. The van der Waals surface area contributed by atoms with E-state index in [2.05, 4.69) is 20.6 Å². The van der Waals surface area contributed by atoms with Crippen molar-refractivity contribution in [2.24, 2.45) is 0 Å². The highest BCUT2D eigenvalue weighted by Gasteiger charge is 2.44. The number of carbonyl (C=O) groups is 2. The SMILES string of the molecule is CC(C)(C(=O)Nc1nc(-c2ccc(Cl)cc2)cs1)S(=O)(=O)c1ccccc1.Cc1ccc(S(=O)(=O)C(C)(C)C(=O)Nc2nc(-c3ccc(Cl)cc3)cs2)cc1. The summed E-state index contributed by atoms with van der Waals surface area (Å²) >= 11 is 14.2. The van der Waals surface area contributed by atoms with Crippen LogP contribution in [0.2, 0.25) is 10.0 Å². The third kappa shape index (κ3) is 9.34. The number of aromatic nitrogens is 2. The molecule has 0 saturated heterocycles. The van der Waals surface area contributed by atoms with Crippen molar-refractivity contribution in [1.82, 2.24) is 9.97 Å². The summed E-state index contributed by atoms with van der Waals surface area (Å²) in [5, 5.41) is 10.7. The van der Waals surface area contributed by atoms with Crippen molar-refractivity contribution in [3.05, 3.63) is 129 Å². The zero-order valence-corrected chi connectivity index (χ0v) is 35.0.